The quantitative estimate of drug-likeness (QED) is 0.847. The van der Waals surface area contributed by atoms with Crippen molar-refractivity contribution in [2.45, 2.75) is 32.4 Å². The first-order valence-electron chi connectivity index (χ1n) is 6.39. The number of nitrogens with one attached hydrogen (secondary N) is 1. The standard InChI is InChI=1S/C14H21NO4/c1-14(2,3)15-7-10(16)8-17-11-4-5-12-13(6-11)19-9-18-12/h4-6,10,15-16H,7-9H2,1-3H3/t10-/m1/s1. The van der Waals surface area contributed by atoms with Crippen molar-refractivity contribution in [3.05, 3.63) is 18.2 Å². The molecule has 1 aliphatic rings. The van der Waals surface area contributed by atoms with Crippen LogP contribution >= 0.6 is 0 Å². The highest BCUT2D eigenvalue weighted by molar-refractivity contribution is 5.46. The van der Waals surface area contributed by atoms with Crippen LogP contribution in [0.3, 0.4) is 0 Å². The molecule has 106 valence electrons. The van der Waals surface area contributed by atoms with Gasteiger partial charge in [-0.3, -0.25) is 0 Å². The van der Waals surface area contributed by atoms with Gasteiger partial charge >= 0.3 is 0 Å². The molecule has 1 aliphatic heterocycles. The van der Waals surface area contributed by atoms with Crippen LogP contribution in [-0.2, 0) is 0 Å². The van der Waals surface area contributed by atoms with Crippen LogP contribution in [0, 0.1) is 0 Å². The average molecular weight is 267 g/mol. The zero-order valence-electron chi connectivity index (χ0n) is 11.6. The summed E-state index contributed by atoms with van der Waals surface area (Å²) in [4.78, 5) is 0. The maximum absolute atomic E-state index is 9.82. The second-order valence-corrected chi connectivity index (χ2v) is 5.61. The molecule has 0 saturated carbocycles. The van der Waals surface area contributed by atoms with Crippen molar-refractivity contribution >= 4 is 0 Å². The van der Waals surface area contributed by atoms with E-state index in [1.54, 1.807) is 18.2 Å². The van der Waals surface area contributed by atoms with Gasteiger partial charge in [0.2, 0.25) is 6.79 Å². The lowest BCUT2D eigenvalue weighted by Gasteiger charge is -2.22. The summed E-state index contributed by atoms with van der Waals surface area (Å²) in [6.45, 7) is 7.14. The molecule has 19 heavy (non-hydrogen) atoms. The second kappa shape index (κ2) is 5.67. The van der Waals surface area contributed by atoms with E-state index in [1.165, 1.54) is 0 Å². The van der Waals surface area contributed by atoms with Crippen molar-refractivity contribution in [2.75, 3.05) is 19.9 Å². The minimum atomic E-state index is -0.551. The van der Waals surface area contributed by atoms with Crippen LogP contribution in [0.15, 0.2) is 18.2 Å². The van der Waals surface area contributed by atoms with Gasteiger partial charge in [0.05, 0.1) is 0 Å². The minimum absolute atomic E-state index is 0.0142. The Morgan fingerprint density at radius 3 is 2.79 bits per heavy atom. The van der Waals surface area contributed by atoms with Gasteiger partial charge in [0.1, 0.15) is 18.5 Å². The number of β-amino-alcohol motifs (C(OH)–C–C–N with tert-alkyl or cyclic N) is 1. The molecule has 0 unspecified atom stereocenters. The van der Waals surface area contributed by atoms with E-state index in [0.29, 0.717) is 18.0 Å². The molecule has 0 aliphatic carbocycles. The molecular formula is C14H21NO4. The van der Waals surface area contributed by atoms with Crippen LogP contribution in [-0.4, -0.2) is 36.7 Å². The van der Waals surface area contributed by atoms with Crippen molar-refractivity contribution in [3.8, 4) is 17.2 Å². The summed E-state index contributed by atoms with van der Waals surface area (Å²) in [5.41, 5.74) is -0.0142. The Kier molecular flexibility index (Phi) is 4.17. The molecule has 0 amide bonds. The van der Waals surface area contributed by atoms with Crippen LogP contribution in [0.1, 0.15) is 20.8 Å². The molecule has 5 nitrogen and oxygen atoms in total. The van der Waals surface area contributed by atoms with Crippen LogP contribution in [0.2, 0.25) is 0 Å². The molecule has 5 heteroatoms. The van der Waals surface area contributed by atoms with Crippen LogP contribution in [0.25, 0.3) is 0 Å². The molecule has 0 fully saturated rings. The number of hydrogen-bond donors (Lipinski definition) is 2. The number of fused-ring (bicyclic) bond motifs is 1. The third kappa shape index (κ3) is 4.29. The lowest BCUT2D eigenvalue weighted by molar-refractivity contribution is 0.0999. The molecule has 1 atom stereocenters. The van der Waals surface area contributed by atoms with Gasteiger partial charge in [0.25, 0.3) is 0 Å². The van der Waals surface area contributed by atoms with E-state index in [4.69, 9.17) is 14.2 Å². The maximum atomic E-state index is 9.82. The van der Waals surface area contributed by atoms with Gasteiger partial charge in [-0.25, -0.2) is 0 Å². The van der Waals surface area contributed by atoms with E-state index in [1.807, 2.05) is 0 Å². The summed E-state index contributed by atoms with van der Waals surface area (Å²) in [5.74, 6) is 2.07. The van der Waals surface area contributed by atoms with Gasteiger partial charge in [0, 0.05) is 18.2 Å². The first-order valence-corrected chi connectivity index (χ1v) is 6.39. The largest absolute Gasteiger partial charge is 0.491 e. The van der Waals surface area contributed by atoms with E-state index in [9.17, 15) is 5.11 Å². The molecule has 2 rings (SSSR count). The Labute approximate surface area is 113 Å². The molecule has 0 radical (unpaired) electrons. The summed E-state index contributed by atoms with van der Waals surface area (Å²) in [6.07, 6.45) is -0.551. The Bertz CT molecular complexity index is 428. The highest BCUT2D eigenvalue weighted by Gasteiger charge is 2.15. The van der Waals surface area contributed by atoms with Crippen molar-refractivity contribution in [2.24, 2.45) is 0 Å². The third-order valence-corrected chi connectivity index (χ3v) is 2.65. The van der Waals surface area contributed by atoms with Crippen molar-refractivity contribution in [1.29, 1.82) is 0 Å². The number of aliphatic hydroxyl groups excluding tert-OH is 1. The predicted molar refractivity (Wildman–Crippen MR) is 71.8 cm³/mol. The number of benzene rings is 1. The van der Waals surface area contributed by atoms with Gasteiger partial charge in [-0.15, -0.1) is 0 Å². The maximum Gasteiger partial charge on any atom is 0.231 e. The number of ether oxygens (including phenoxy) is 3. The molecule has 0 aromatic heterocycles. The summed E-state index contributed by atoms with van der Waals surface area (Å²) < 4.78 is 16.0. The second-order valence-electron chi connectivity index (χ2n) is 5.61. The normalized spacial score (nSPS) is 15.4. The third-order valence-electron chi connectivity index (χ3n) is 2.65. The highest BCUT2D eigenvalue weighted by Crippen LogP contribution is 2.35. The molecule has 0 saturated heterocycles. The van der Waals surface area contributed by atoms with E-state index >= 15 is 0 Å². The Morgan fingerprint density at radius 2 is 2.05 bits per heavy atom. The van der Waals surface area contributed by atoms with Gasteiger partial charge in [-0.1, -0.05) is 0 Å². The summed E-state index contributed by atoms with van der Waals surface area (Å²) in [6, 6.07) is 5.38. The minimum Gasteiger partial charge on any atom is -0.491 e. The molecule has 0 spiro atoms. The van der Waals surface area contributed by atoms with E-state index in [0.717, 1.165) is 5.75 Å². The molecule has 2 N–H and O–H groups in total. The summed E-state index contributed by atoms with van der Waals surface area (Å²) >= 11 is 0. The fraction of sp³-hybridized carbons (Fsp3) is 0.571. The smallest absolute Gasteiger partial charge is 0.231 e. The van der Waals surface area contributed by atoms with Crippen molar-refractivity contribution < 1.29 is 19.3 Å². The molecule has 1 heterocycles. The highest BCUT2D eigenvalue weighted by atomic mass is 16.7. The van der Waals surface area contributed by atoms with Gasteiger partial charge in [-0.2, -0.15) is 0 Å². The average Bonchev–Trinajstić information content (AvgIpc) is 2.80. The molecule has 1 aromatic carbocycles. The summed E-state index contributed by atoms with van der Waals surface area (Å²) in [7, 11) is 0. The first-order chi connectivity index (χ1) is 8.94. The SMILES string of the molecule is CC(C)(C)NC[C@@H](O)COc1ccc2c(c1)OCO2. The van der Waals surface area contributed by atoms with E-state index < -0.39 is 6.10 Å². The van der Waals surface area contributed by atoms with Crippen LogP contribution in [0.4, 0.5) is 0 Å². The van der Waals surface area contributed by atoms with Gasteiger partial charge in [-0.05, 0) is 32.9 Å². The Balaban J connectivity index is 1.79. The number of aliphatic hydroxyl groups is 1. The van der Waals surface area contributed by atoms with E-state index in [2.05, 4.69) is 26.1 Å². The molecular weight excluding hydrogens is 246 g/mol. The first kappa shape index (κ1) is 14.0. The molecule has 1 aromatic rings. The number of rotatable bonds is 5. The Hall–Kier alpha value is -1.46. The van der Waals surface area contributed by atoms with Gasteiger partial charge in [0.15, 0.2) is 11.5 Å². The number of hydrogen-bond acceptors (Lipinski definition) is 5. The monoisotopic (exact) mass is 267 g/mol. The lowest BCUT2D eigenvalue weighted by Crippen LogP contribution is -2.42. The Morgan fingerprint density at radius 1 is 1.32 bits per heavy atom. The lowest BCUT2D eigenvalue weighted by atomic mass is 10.1. The van der Waals surface area contributed by atoms with Crippen LogP contribution in [0.5, 0.6) is 17.2 Å². The van der Waals surface area contributed by atoms with Crippen molar-refractivity contribution in [3.63, 3.8) is 0 Å². The molecule has 0 bridgehead atoms. The fourth-order valence-corrected chi connectivity index (χ4v) is 1.64. The zero-order valence-corrected chi connectivity index (χ0v) is 11.6. The van der Waals surface area contributed by atoms with Crippen LogP contribution < -0.4 is 19.5 Å². The predicted octanol–water partition coefficient (Wildman–Crippen LogP) is 1.54. The topological polar surface area (TPSA) is 60.0 Å². The van der Waals surface area contributed by atoms with Gasteiger partial charge < -0.3 is 24.6 Å². The zero-order chi connectivity index (χ0) is 13.9. The summed E-state index contributed by atoms with van der Waals surface area (Å²) in [5, 5.41) is 13.0. The van der Waals surface area contributed by atoms with E-state index in [-0.39, 0.29) is 18.9 Å². The fourth-order valence-electron chi connectivity index (χ4n) is 1.64. The van der Waals surface area contributed by atoms with Crippen molar-refractivity contribution in [1.82, 2.24) is 5.32 Å².